The predicted octanol–water partition coefficient (Wildman–Crippen LogP) is 0.738. The number of carbonyl (C=O) groups excluding carboxylic acids is 1. The van der Waals surface area contributed by atoms with Crippen LogP contribution in [0.1, 0.15) is 24.8 Å². The number of benzene rings is 1. The van der Waals surface area contributed by atoms with E-state index in [-0.39, 0.29) is 18.1 Å². The van der Waals surface area contributed by atoms with E-state index in [1.807, 2.05) is 0 Å². The van der Waals surface area contributed by atoms with Crippen LogP contribution in [0.3, 0.4) is 0 Å². The number of nitrogens with one attached hydrogen (secondary N) is 2. The summed E-state index contributed by atoms with van der Waals surface area (Å²) in [5.74, 6) is 0.602. The molecule has 2 saturated heterocycles. The lowest BCUT2D eigenvalue weighted by Crippen LogP contribution is -2.44. The molecule has 1 amide bonds. The van der Waals surface area contributed by atoms with Crippen LogP contribution in [0.25, 0.3) is 0 Å². The van der Waals surface area contributed by atoms with Crippen molar-refractivity contribution in [3.8, 4) is 0 Å². The highest BCUT2D eigenvalue weighted by atomic mass is 16.3. The van der Waals surface area contributed by atoms with Gasteiger partial charge in [-0.2, -0.15) is 0 Å². The average Bonchev–Trinajstić information content (AvgIpc) is 3.01. The second-order valence-electron chi connectivity index (χ2n) is 6.80. The molecule has 2 fully saturated rings. The average molecular weight is 317 g/mol. The summed E-state index contributed by atoms with van der Waals surface area (Å²) >= 11 is 0. The van der Waals surface area contributed by atoms with E-state index in [2.05, 4.69) is 45.9 Å². The molecule has 3 rings (SSSR count). The van der Waals surface area contributed by atoms with Gasteiger partial charge in [-0.3, -0.25) is 9.69 Å². The van der Waals surface area contributed by atoms with Crippen molar-refractivity contribution in [3.63, 3.8) is 0 Å². The van der Waals surface area contributed by atoms with E-state index < -0.39 is 0 Å². The number of rotatable bonds is 5. The van der Waals surface area contributed by atoms with Crippen molar-refractivity contribution in [1.82, 2.24) is 15.5 Å². The first kappa shape index (κ1) is 16.4. The second kappa shape index (κ2) is 7.90. The Kier molecular flexibility index (Phi) is 5.65. The van der Waals surface area contributed by atoms with E-state index in [0.717, 1.165) is 39.0 Å². The van der Waals surface area contributed by atoms with Gasteiger partial charge in [0.05, 0.1) is 12.1 Å². The molecule has 2 aliphatic rings. The minimum absolute atomic E-state index is 0.0354. The molecule has 0 saturated carbocycles. The number of amides is 1. The molecule has 0 aromatic heterocycles. The molecule has 5 nitrogen and oxygen atoms in total. The van der Waals surface area contributed by atoms with Crippen LogP contribution in [0, 0.1) is 5.92 Å². The summed E-state index contributed by atoms with van der Waals surface area (Å²) in [6.45, 7) is 4.48. The first-order valence-electron chi connectivity index (χ1n) is 8.66. The van der Waals surface area contributed by atoms with Gasteiger partial charge in [0.1, 0.15) is 0 Å². The van der Waals surface area contributed by atoms with E-state index >= 15 is 0 Å². The van der Waals surface area contributed by atoms with Gasteiger partial charge in [0.15, 0.2) is 0 Å². The fourth-order valence-corrected chi connectivity index (χ4v) is 3.48. The number of likely N-dealkylation sites (tertiary alicyclic amines) is 1. The Morgan fingerprint density at radius 2 is 2.00 bits per heavy atom. The second-order valence-corrected chi connectivity index (χ2v) is 6.80. The van der Waals surface area contributed by atoms with Gasteiger partial charge < -0.3 is 15.7 Å². The van der Waals surface area contributed by atoms with Crippen LogP contribution in [-0.2, 0) is 11.3 Å². The molecule has 126 valence electrons. The third-order valence-corrected chi connectivity index (χ3v) is 4.95. The molecule has 2 heterocycles. The van der Waals surface area contributed by atoms with Gasteiger partial charge in [-0.1, -0.05) is 30.3 Å². The molecule has 2 atom stereocenters. The Morgan fingerprint density at radius 1 is 1.26 bits per heavy atom. The van der Waals surface area contributed by atoms with Crippen LogP contribution >= 0.6 is 0 Å². The Bertz CT molecular complexity index is 500. The van der Waals surface area contributed by atoms with Crippen molar-refractivity contribution >= 4 is 5.91 Å². The van der Waals surface area contributed by atoms with Crippen LogP contribution in [0.5, 0.6) is 0 Å². The standard InChI is InChI=1S/C18H27N3O2/c22-16-10-17(19-12-16)18(23)20-11-14-6-8-21(9-7-14)13-15-4-2-1-3-5-15/h1-5,14,16-17,19,22H,6-13H2,(H,20,23). The summed E-state index contributed by atoms with van der Waals surface area (Å²) in [4.78, 5) is 14.5. The molecule has 2 unspecified atom stereocenters. The number of hydrogen-bond donors (Lipinski definition) is 3. The van der Waals surface area contributed by atoms with Crippen molar-refractivity contribution in [2.24, 2.45) is 5.92 Å². The number of β-amino-alcohol motifs (C(OH)–C–C–N with tert-alkyl or cyclic N) is 1. The van der Waals surface area contributed by atoms with Gasteiger partial charge >= 0.3 is 0 Å². The first-order chi connectivity index (χ1) is 11.2. The lowest BCUT2D eigenvalue weighted by Gasteiger charge is -2.32. The summed E-state index contributed by atoms with van der Waals surface area (Å²) in [7, 11) is 0. The fraction of sp³-hybridized carbons (Fsp3) is 0.611. The third-order valence-electron chi connectivity index (χ3n) is 4.95. The fourth-order valence-electron chi connectivity index (χ4n) is 3.48. The summed E-state index contributed by atoms with van der Waals surface area (Å²) < 4.78 is 0. The number of piperidine rings is 1. The maximum atomic E-state index is 12.0. The quantitative estimate of drug-likeness (QED) is 0.749. The minimum atomic E-state index is -0.382. The van der Waals surface area contributed by atoms with Crippen LogP contribution in [0.4, 0.5) is 0 Å². The molecule has 23 heavy (non-hydrogen) atoms. The normalized spacial score (nSPS) is 26.3. The molecule has 0 aliphatic carbocycles. The molecular weight excluding hydrogens is 290 g/mol. The summed E-state index contributed by atoms with van der Waals surface area (Å²) in [6.07, 6.45) is 2.41. The van der Waals surface area contributed by atoms with E-state index in [9.17, 15) is 9.90 Å². The maximum Gasteiger partial charge on any atom is 0.237 e. The van der Waals surface area contributed by atoms with Crippen LogP contribution in [0.15, 0.2) is 30.3 Å². The Labute approximate surface area is 138 Å². The molecule has 0 spiro atoms. The van der Waals surface area contributed by atoms with Crippen LogP contribution in [0.2, 0.25) is 0 Å². The highest BCUT2D eigenvalue weighted by Crippen LogP contribution is 2.18. The van der Waals surface area contributed by atoms with Gasteiger partial charge in [0.2, 0.25) is 5.91 Å². The van der Waals surface area contributed by atoms with Crippen molar-refractivity contribution < 1.29 is 9.90 Å². The highest BCUT2D eigenvalue weighted by Gasteiger charge is 2.28. The number of aliphatic hydroxyl groups is 1. The predicted molar refractivity (Wildman–Crippen MR) is 89.9 cm³/mol. The topological polar surface area (TPSA) is 64.6 Å². The van der Waals surface area contributed by atoms with E-state index in [1.54, 1.807) is 0 Å². The minimum Gasteiger partial charge on any atom is -0.392 e. The van der Waals surface area contributed by atoms with E-state index in [0.29, 0.717) is 18.9 Å². The van der Waals surface area contributed by atoms with Gasteiger partial charge in [-0.05, 0) is 43.8 Å². The van der Waals surface area contributed by atoms with Crippen molar-refractivity contribution in [2.45, 2.75) is 38.0 Å². The number of hydrogen-bond acceptors (Lipinski definition) is 4. The molecule has 5 heteroatoms. The number of nitrogens with zero attached hydrogens (tertiary/aromatic N) is 1. The monoisotopic (exact) mass is 317 g/mol. The third kappa shape index (κ3) is 4.77. The zero-order valence-electron chi connectivity index (χ0n) is 13.6. The smallest absolute Gasteiger partial charge is 0.237 e. The van der Waals surface area contributed by atoms with E-state index in [4.69, 9.17) is 0 Å². The zero-order valence-corrected chi connectivity index (χ0v) is 13.6. The molecule has 0 radical (unpaired) electrons. The van der Waals surface area contributed by atoms with Crippen molar-refractivity contribution in [1.29, 1.82) is 0 Å². The lowest BCUT2D eigenvalue weighted by molar-refractivity contribution is -0.123. The molecule has 3 N–H and O–H groups in total. The SMILES string of the molecule is O=C(NCC1CCN(Cc2ccccc2)CC1)C1CC(O)CN1. The van der Waals surface area contributed by atoms with Gasteiger partial charge in [0.25, 0.3) is 0 Å². The molecule has 1 aromatic rings. The Hall–Kier alpha value is -1.43. The largest absolute Gasteiger partial charge is 0.392 e. The summed E-state index contributed by atoms with van der Waals surface area (Å²) in [5.41, 5.74) is 1.37. The van der Waals surface area contributed by atoms with Crippen molar-refractivity contribution in [3.05, 3.63) is 35.9 Å². The number of aliphatic hydroxyl groups excluding tert-OH is 1. The Morgan fingerprint density at radius 3 is 2.65 bits per heavy atom. The molecular formula is C18H27N3O2. The lowest BCUT2D eigenvalue weighted by atomic mass is 9.96. The first-order valence-corrected chi connectivity index (χ1v) is 8.66. The van der Waals surface area contributed by atoms with E-state index in [1.165, 1.54) is 5.56 Å². The Balaban J connectivity index is 1.35. The molecule has 2 aliphatic heterocycles. The van der Waals surface area contributed by atoms with Crippen LogP contribution < -0.4 is 10.6 Å². The van der Waals surface area contributed by atoms with Gasteiger partial charge in [-0.25, -0.2) is 0 Å². The molecule has 0 bridgehead atoms. The summed E-state index contributed by atoms with van der Waals surface area (Å²) in [5, 5.41) is 15.6. The maximum absolute atomic E-state index is 12.0. The number of carbonyl (C=O) groups is 1. The van der Waals surface area contributed by atoms with Gasteiger partial charge in [0, 0.05) is 19.6 Å². The zero-order chi connectivity index (χ0) is 16.1. The van der Waals surface area contributed by atoms with Crippen LogP contribution in [-0.4, -0.2) is 54.2 Å². The van der Waals surface area contributed by atoms with Gasteiger partial charge in [-0.15, -0.1) is 0 Å². The highest BCUT2D eigenvalue weighted by molar-refractivity contribution is 5.82. The van der Waals surface area contributed by atoms with Crippen molar-refractivity contribution in [2.75, 3.05) is 26.2 Å². The molecule has 1 aromatic carbocycles. The summed E-state index contributed by atoms with van der Waals surface area (Å²) in [6, 6.07) is 10.4.